The fourth-order valence-corrected chi connectivity index (χ4v) is 2.40. The molecule has 1 fully saturated rings. The maximum absolute atomic E-state index is 11.9. The summed E-state index contributed by atoms with van der Waals surface area (Å²) in [5, 5.41) is 0. The summed E-state index contributed by atoms with van der Waals surface area (Å²) in [5.41, 5.74) is 7.26. The first-order valence-electron chi connectivity index (χ1n) is 8.23. The molecule has 0 atom stereocenters. The van der Waals surface area contributed by atoms with Gasteiger partial charge in [0.25, 0.3) is 0 Å². The van der Waals surface area contributed by atoms with Crippen molar-refractivity contribution in [3.8, 4) is 0 Å². The molecule has 0 amide bonds. The number of hydrogen-bond donors (Lipinski definition) is 1. The Hall–Kier alpha value is -1.63. The quantitative estimate of drug-likeness (QED) is 0.664. The third kappa shape index (κ3) is 3.88. The summed E-state index contributed by atoms with van der Waals surface area (Å²) in [7, 11) is -0.494. The van der Waals surface area contributed by atoms with Crippen molar-refractivity contribution in [2.75, 3.05) is 13.2 Å². The number of nitrogens with two attached hydrogens (primary N) is 1. The maximum Gasteiger partial charge on any atom is 0.491 e. The van der Waals surface area contributed by atoms with Crippen LogP contribution in [0.1, 0.15) is 50.5 Å². The van der Waals surface area contributed by atoms with Gasteiger partial charge < -0.3 is 19.8 Å². The summed E-state index contributed by atoms with van der Waals surface area (Å²) in [4.78, 5) is 11.9. The first-order valence-corrected chi connectivity index (χ1v) is 8.23. The molecule has 0 unspecified atom stereocenters. The number of hydrogen-bond acceptors (Lipinski definition) is 5. The number of esters is 1. The Morgan fingerprint density at radius 3 is 2.42 bits per heavy atom. The molecule has 6 heteroatoms. The van der Waals surface area contributed by atoms with Crippen LogP contribution in [0.15, 0.2) is 29.7 Å². The van der Waals surface area contributed by atoms with Crippen LogP contribution < -0.4 is 5.73 Å². The number of benzene rings is 1. The lowest BCUT2D eigenvalue weighted by Gasteiger charge is -2.32. The maximum atomic E-state index is 11.9. The van der Waals surface area contributed by atoms with E-state index in [1.54, 1.807) is 19.1 Å². The third-order valence-electron chi connectivity index (χ3n) is 4.54. The molecular weight excluding hydrogens is 305 g/mol. The monoisotopic (exact) mass is 331 g/mol. The van der Waals surface area contributed by atoms with E-state index in [2.05, 4.69) is 0 Å². The smallest absolute Gasteiger partial charge is 0.462 e. The minimum atomic E-state index is -0.494. The second kappa shape index (κ2) is 7.09. The van der Waals surface area contributed by atoms with Crippen LogP contribution in [0.5, 0.6) is 0 Å². The summed E-state index contributed by atoms with van der Waals surface area (Å²) in [5.74, 6) is -0.335. The van der Waals surface area contributed by atoms with Crippen LogP contribution in [0, 0.1) is 0 Å². The van der Waals surface area contributed by atoms with Crippen molar-refractivity contribution < 1.29 is 18.8 Å². The van der Waals surface area contributed by atoms with E-state index in [1.807, 2.05) is 45.9 Å². The molecule has 2 N–H and O–H groups in total. The summed E-state index contributed by atoms with van der Waals surface area (Å²) >= 11 is 0. The van der Waals surface area contributed by atoms with E-state index in [-0.39, 0.29) is 5.97 Å². The zero-order valence-corrected chi connectivity index (χ0v) is 15.1. The Kier molecular flexibility index (Phi) is 5.53. The van der Waals surface area contributed by atoms with Gasteiger partial charge in [0, 0.05) is 6.54 Å². The highest BCUT2D eigenvalue weighted by atomic mass is 16.7. The minimum Gasteiger partial charge on any atom is -0.462 e. The zero-order chi connectivity index (χ0) is 18.0. The summed E-state index contributed by atoms with van der Waals surface area (Å²) in [6.07, 6.45) is 1.91. The van der Waals surface area contributed by atoms with E-state index >= 15 is 0 Å². The molecule has 0 radical (unpaired) electrons. The molecule has 0 aromatic heterocycles. The van der Waals surface area contributed by atoms with Crippen LogP contribution in [0.25, 0.3) is 6.08 Å². The van der Waals surface area contributed by atoms with Crippen molar-refractivity contribution in [1.29, 1.82) is 0 Å². The zero-order valence-electron chi connectivity index (χ0n) is 15.1. The van der Waals surface area contributed by atoms with Crippen LogP contribution >= 0.6 is 0 Å². The Labute approximate surface area is 144 Å². The van der Waals surface area contributed by atoms with Crippen molar-refractivity contribution in [2.24, 2.45) is 5.73 Å². The number of carbonyl (C=O) groups is 1. The van der Waals surface area contributed by atoms with E-state index in [4.69, 9.17) is 19.8 Å². The molecule has 0 aliphatic carbocycles. The fraction of sp³-hybridized carbons (Fsp3) is 0.500. The largest absolute Gasteiger partial charge is 0.491 e. The van der Waals surface area contributed by atoms with E-state index < -0.39 is 18.3 Å². The molecule has 1 heterocycles. The number of carbonyl (C=O) groups excluding carboxylic acids is 1. The highest BCUT2D eigenvalue weighted by Gasteiger charge is 2.52. The van der Waals surface area contributed by atoms with Gasteiger partial charge >= 0.3 is 13.1 Å². The van der Waals surface area contributed by atoms with E-state index in [0.29, 0.717) is 18.7 Å². The van der Waals surface area contributed by atoms with Gasteiger partial charge in [-0.2, -0.15) is 0 Å². The first kappa shape index (κ1) is 18.7. The lowest BCUT2D eigenvalue weighted by molar-refractivity contribution is 0.00578. The number of rotatable bonds is 5. The van der Waals surface area contributed by atoms with Gasteiger partial charge in [-0.15, -0.1) is 0 Å². The molecule has 24 heavy (non-hydrogen) atoms. The van der Waals surface area contributed by atoms with Crippen molar-refractivity contribution >= 4 is 19.2 Å². The predicted molar refractivity (Wildman–Crippen MR) is 95.5 cm³/mol. The number of ether oxygens (including phenoxy) is 1. The van der Waals surface area contributed by atoms with Gasteiger partial charge in [-0.3, -0.25) is 0 Å². The highest BCUT2D eigenvalue weighted by Crippen LogP contribution is 2.38. The Morgan fingerprint density at radius 1 is 1.25 bits per heavy atom. The van der Waals surface area contributed by atoms with Crippen molar-refractivity contribution in [2.45, 2.75) is 45.8 Å². The van der Waals surface area contributed by atoms with Gasteiger partial charge in [0.05, 0.1) is 23.4 Å². The molecule has 5 nitrogen and oxygen atoms in total. The second-order valence-electron chi connectivity index (χ2n) is 6.86. The molecule has 0 bridgehead atoms. The average Bonchev–Trinajstić information content (AvgIpc) is 2.73. The van der Waals surface area contributed by atoms with E-state index in [0.717, 1.165) is 11.0 Å². The standard InChI is InChI=1S/C18H26BNO4/c1-6-22-16(21)14-9-7-8-13(10-14)11-15(12-20)19-23-17(2,3)18(4,5)24-19/h7-11H,6,12,20H2,1-5H3. The molecule has 0 spiro atoms. The van der Waals surface area contributed by atoms with E-state index in [1.165, 1.54) is 0 Å². The van der Waals surface area contributed by atoms with Crippen molar-refractivity contribution in [1.82, 2.24) is 0 Å². The van der Waals surface area contributed by atoms with Crippen LogP contribution in [-0.4, -0.2) is 37.4 Å². The SMILES string of the molecule is CCOC(=O)c1cccc(C=C(CN)B2OC(C)(C)C(C)(C)O2)c1. The van der Waals surface area contributed by atoms with E-state index in [9.17, 15) is 4.79 Å². The van der Waals surface area contributed by atoms with Crippen LogP contribution in [0.2, 0.25) is 0 Å². The van der Waals surface area contributed by atoms with Crippen LogP contribution in [-0.2, 0) is 14.0 Å². The molecule has 1 aliphatic rings. The van der Waals surface area contributed by atoms with Gasteiger partial charge in [-0.05, 0) is 57.8 Å². The lowest BCUT2D eigenvalue weighted by atomic mass is 9.77. The Balaban J connectivity index is 2.26. The predicted octanol–water partition coefficient (Wildman–Crippen LogP) is 2.84. The fourth-order valence-electron chi connectivity index (χ4n) is 2.40. The minimum absolute atomic E-state index is 0.306. The normalized spacial score (nSPS) is 19.4. The average molecular weight is 331 g/mol. The topological polar surface area (TPSA) is 70.8 Å². The van der Waals surface area contributed by atoms with Gasteiger partial charge in [-0.25, -0.2) is 4.79 Å². The van der Waals surface area contributed by atoms with Crippen LogP contribution in [0.4, 0.5) is 0 Å². The van der Waals surface area contributed by atoms with Gasteiger partial charge in [-0.1, -0.05) is 18.2 Å². The lowest BCUT2D eigenvalue weighted by Crippen LogP contribution is -2.41. The van der Waals surface area contributed by atoms with Crippen LogP contribution in [0.3, 0.4) is 0 Å². The summed E-state index contributed by atoms with van der Waals surface area (Å²) < 4.78 is 17.1. The molecule has 130 valence electrons. The first-order chi connectivity index (χ1) is 11.2. The molecule has 0 saturated carbocycles. The second-order valence-corrected chi connectivity index (χ2v) is 6.86. The summed E-state index contributed by atoms with van der Waals surface area (Å²) in [6.45, 7) is 10.4. The Morgan fingerprint density at radius 2 is 1.88 bits per heavy atom. The molecule has 1 saturated heterocycles. The van der Waals surface area contributed by atoms with Gasteiger partial charge in [0.1, 0.15) is 0 Å². The summed E-state index contributed by atoms with van der Waals surface area (Å²) in [6, 6.07) is 7.23. The molecule has 1 aliphatic heterocycles. The molecule has 1 aromatic carbocycles. The van der Waals surface area contributed by atoms with Crippen molar-refractivity contribution in [3.63, 3.8) is 0 Å². The third-order valence-corrected chi connectivity index (χ3v) is 4.54. The van der Waals surface area contributed by atoms with Gasteiger partial charge in [0.15, 0.2) is 0 Å². The molecular formula is C18H26BNO4. The Bertz CT molecular complexity index is 624. The molecule has 1 aromatic rings. The van der Waals surface area contributed by atoms with Crippen molar-refractivity contribution in [3.05, 3.63) is 40.9 Å². The molecule has 2 rings (SSSR count). The van der Waals surface area contributed by atoms with Gasteiger partial charge in [0.2, 0.25) is 0 Å². The highest BCUT2D eigenvalue weighted by molar-refractivity contribution is 6.55.